The van der Waals surface area contributed by atoms with Crippen molar-refractivity contribution in [3.05, 3.63) is 63.9 Å². The van der Waals surface area contributed by atoms with Gasteiger partial charge in [-0.25, -0.2) is 12.8 Å². The van der Waals surface area contributed by atoms with Crippen LogP contribution < -0.4 is 0 Å². The lowest BCUT2D eigenvalue weighted by Crippen LogP contribution is -2.32. The van der Waals surface area contributed by atoms with Crippen LogP contribution in [-0.2, 0) is 16.6 Å². The van der Waals surface area contributed by atoms with Gasteiger partial charge < -0.3 is 0 Å². The first-order valence-electron chi connectivity index (χ1n) is 7.09. The molecule has 0 spiro atoms. The number of halogens is 3. The number of hydrogen-bond acceptors (Lipinski definition) is 2. The molecule has 0 radical (unpaired) electrons. The van der Waals surface area contributed by atoms with Gasteiger partial charge in [0.05, 0.1) is 5.02 Å². The summed E-state index contributed by atoms with van der Waals surface area (Å²) in [5.74, 6) is -0.354. The zero-order valence-electron chi connectivity index (χ0n) is 12.0. The average Bonchev–Trinajstić information content (AvgIpc) is 3.33. The maximum absolute atomic E-state index is 13.0. The van der Waals surface area contributed by atoms with Gasteiger partial charge in [-0.1, -0.05) is 35.3 Å². The SMILES string of the molecule is O=S(=O)(c1cc(Cl)ccc1Cl)N(Cc1ccc(F)cc1)C1CC1. The van der Waals surface area contributed by atoms with Crippen molar-refractivity contribution in [2.24, 2.45) is 0 Å². The highest BCUT2D eigenvalue weighted by molar-refractivity contribution is 7.89. The van der Waals surface area contributed by atoms with Gasteiger partial charge in [0.15, 0.2) is 0 Å². The summed E-state index contributed by atoms with van der Waals surface area (Å²) in [5.41, 5.74) is 0.722. The fraction of sp³-hybridized carbons (Fsp3) is 0.250. The third-order valence-electron chi connectivity index (χ3n) is 3.69. The Morgan fingerprint density at radius 2 is 1.74 bits per heavy atom. The molecule has 1 saturated carbocycles. The molecule has 2 aromatic carbocycles. The molecule has 122 valence electrons. The number of hydrogen-bond donors (Lipinski definition) is 0. The van der Waals surface area contributed by atoms with Gasteiger partial charge in [-0.15, -0.1) is 0 Å². The van der Waals surface area contributed by atoms with Crippen LogP contribution in [0, 0.1) is 5.82 Å². The lowest BCUT2D eigenvalue weighted by atomic mass is 10.2. The number of sulfonamides is 1. The molecule has 23 heavy (non-hydrogen) atoms. The van der Waals surface area contributed by atoms with Crippen LogP contribution in [-0.4, -0.2) is 18.8 Å². The zero-order valence-corrected chi connectivity index (χ0v) is 14.4. The van der Waals surface area contributed by atoms with Gasteiger partial charge >= 0.3 is 0 Å². The topological polar surface area (TPSA) is 37.4 Å². The van der Waals surface area contributed by atoms with Crippen LogP contribution in [0.4, 0.5) is 4.39 Å². The van der Waals surface area contributed by atoms with Crippen molar-refractivity contribution in [2.75, 3.05) is 0 Å². The summed E-state index contributed by atoms with van der Waals surface area (Å²) >= 11 is 12.0. The summed E-state index contributed by atoms with van der Waals surface area (Å²) in [5, 5.41) is 0.449. The van der Waals surface area contributed by atoms with Crippen molar-refractivity contribution in [3.8, 4) is 0 Å². The molecule has 1 aliphatic carbocycles. The lowest BCUT2D eigenvalue weighted by molar-refractivity contribution is 0.398. The Bertz CT molecular complexity index is 820. The Hall–Kier alpha value is -1.14. The van der Waals surface area contributed by atoms with Crippen molar-refractivity contribution in [2.45, 2.75) is 30.3 Å². The van der Waals surface area contributed by atoms with Crippen LogP contribution in [0.1, 0.15) is 18.4 Å². The summed E-state index contributed by atoms with van der Waals surface area (Å²) in [6, 6.07) is 10.1. The van der Waals surface area contributed by atoms with Crippen LogP contribution in [0.15, 0.2) is 47.4 Å². The van der Waals surface area contributed by atoms with Crippen LogP contribution in [0.5, 0.6) is 0 Å². The molecule has 0 saturated heterocycles. The molecular formula is C16H14Cl2FNO2S. The standard InChI is InChI=1S/C16H14Cl2FNO2S/c17-12-3-8-15(18)16(9-12)23(21,22)20(14-6-7-14)10-11-1-4-13(19)5-2-11/h1-5,8-9,14H,6-7,10H2. The van der Waals surface area contributed by atoms with Crippen molar-refractivity contribution < 1.29 is 12.8 Å². The highest BCUT2D eigenvalue weighted by atomic mass is 35.5. The first-order chi connectivity index (χ1) is 10.9. The minimum Gasteiger partial charge on any atom is -0.207 e. The predicted octanol–water partition coefficient (Wildman–Crippen LogP) is 4.49. The normalized spacial score (nSPS) is 15.1. The van der Waals surface area contributed by atoms with Gasteiger partial charge in [0.25, 0.3) is 0 Å². The van der Waals surface area contributed by atoms with Crippen LogP contribution >= 0.6 is 23.2 Å². The molecule has 0 bridgehead atoms. The van der Waals surface area contributed by atoms with Crippen molar-refractivity contribution in [3.63, 3.8) is 0 Å². The Kier molecular flexibility index (Phi) is 4.65. The first-order valence-corrected chi connectivity index (χ1v) is 9.29. The fourth-order valence-corrected chi connectivity index (χ4v) is 4.76. The summed E-state index contributed by atoms with van der Waals surface area (Å²) in [4.78, 5) is 0.000628. The summed E-state index contributed by atoms with van der Waals surface area (Å²) in [7, 11) is -3.78. The van der Waals surface area contributed by atoms with Crippen molar-refractivity contribution >= 4 is 33.2 Å². The summed E-state index contributed by atoms with van der Waals surface area (Å²) < 4.78 is 40.4. The van der Waals surface area contributed by atoms with Crippen molar-refractivity contribution in [1.29, 1.82) is 0 Å². The van der Waals surface area contributed by atoms with Gasteiger partial charge in [0.1, 0.15) is 10.7 Å². The third-order valence-corrected chi connectivity index (χ3v) is 6.30. The maximum Gasteiger partial charge on any atom is 0.245 e. The van der Waals surface area contributed by atoms with E-state index in [2.05, 4.69) is 0 Å². The maximum atomic E-state index is 13.0. The van der Waals surface area contributed by atoms with E-state index in [1.165, 1.54) is 28.6 Å². The van der Waals surface area contributed by atoms with E-state index in [9.17, 15) is 12.8 Å². The molecule has 3 rings (SSSR count). The van der Waals surface area contributed by atoms with E-state index in [4.69, 9.17) is 23.2 Å². The molecule has 0 heterocycles. The molecule has 0 atom stereocenters. The van der Waals surface area contributed by atoms with E-state index in [0.717, 1.165) is 18.4 Å². The monoisotopic (exact) mass is 373 g/mol. The van der Waals surface area contributed by atoms with Crippen LogP contribution in [0.25, 0.3) is 0 Å². The van der Waals surface area contributed by atoms with Gasteiger partial charge in [0.2, 0.25) is 10.0 Å². The van der Waals surface area contributed by atoms with Crippen molar-refractivity contribution in [1.82, 2.24) is 4.31 Å². The molecule has 7 heteroatoms. The summed E-state index contributed by atoms with van der Waals surface area (Å²) in [6.07, 6.45) is 1.61. The Labute approximate surface area is 144 Å². The lowest BCUT2D eigenvalue weighted by Gasteiger charge is -2.22. The number of benzene rings is 2. The number of nitrogens with zero attached hydrogens (tertiary/aromatic N) is 1. The second-order valence-corrected chi connectivity index (χ2v) is 8.19. The second kappa shape index (κ2) is 6.40. The van der Waals surface area contributed by atoms with Gasteiger partial charge in [-0.2, -0.15) is 4.31 Å². The first kappa shape index (κ1) is 16.7. The molecule has 0 unspecified atom stereocenters. The molecule has 0 N–H and O–H groups in total. The highest BCUT2D eigenvalue weighted by Gasteiger charge is 2.39. The second-order valence-electron chi connectivity index (χ2n) is 5.48. The fourth-order valence-electron chi connectivity index (χ4n) is 2.34. The molecule has 1 aliphatic rings. The van der Waals surface area contributed by atoms with E-state index in [1.807, 2.05) is 0 Å². The van der Waals surface area contributed by atoms with Gasteiger partial charge in [-0.05, 0) is 48.7 Å². The van der Waals surface area contributed by atoms with Crippen LogP contribution in [0.3, 0.4) is 0 Å². The Morgan fingerprint density at radius 3 is 2.35 bits per heavy atom. The molecule has 0 amide bonds. The highest BCUT2D eigenvalue weighted by Crippen LogP contribution is 2.36. The van der Waals surface area contributed by atoms with E-state index in [-0.39, 0.29) is 28.3 Å². The van der Waals surface area contributed by atoms with E-state index < -0.39 is 10.0 Å². The third kappa shape index (κ3) is 3.69. The largest absolute Gasteiger partial charge is 0.245 e. The molecular weight excluding hydrogens is 360 g/mol. The Balaban J connectivity index is 1.96. The summed E-state index contributed by atoms with van der Waals surface area (Å²) in [6.45, 7) is 0.177. The average molecular weight is 374 g/mol. The molecule has 3 nitrogen and oxygen atoms in total. The quantitative estimate of drug-likeness (QED) is 0.774. The van der Waals surface area contributed by atoms with E-state index in [1.54, 1.807) is 18.2 Å². The molecule has 1 fully saturated rings. The Morgan fingerprint density at radius 1 is 1.09 bits per heavy atom. The predicted molar refractivity (Wildman–Crippen MR) is 88.6 cm³/mol. The minimum absolute atomic E-state index is 0.000628. The van der Waals surface area contributed by atoms with Crippen LogP contribution in [0.2, 0.25) is 10.0 Å². The smallest absolute Gasteiger partial charge is 0.207 e. The number of rotatable bonds is 5. The van der Waals surface area contributed by atoms with E-state index in [0.29, 0.717) is 5.02 Å². The van der Waals surface area contributed by atoms with Gasteiger partial charge in [-0.3, -0.25) is 0 Å². The molecule has 2 aromatic rings. The molecule has 0 aromatic heterocycles. The minimum atomic E-state index is -3.78. The van der Waals surface area contributed by atoms with Gasteiger partial charge in [0, 0.05) is 17.6 Å². The zero-order chi connectivity index (χ0) is 16.6. The molecule has 0 aliphatic heterocycles. The van der Waals surface area contributed by atoms with E-state index >= 15 is 0 Å².